The zero-order valence-electron chi connectivity index (χ0n) is 13.0. The van der Waals surface area contributed by atoms with Gasteiger partial charge in [-0.15, -0.1) is 12.4 Å². The standard InChI is InChI=1S/C16H28N2O.ClH/c1-10(9-17-2)16(19)18(3)15-13-5-11-4-12(7-13)8-14(15)6-11;/h10-15,17H,4-9H2,1-3H3;1H. The first-order chi connectivity index (χ1) is 9.10. The van der Waals surface area contributed by atoms with Crippen LogP contribution in [0.25, 0.3) is 0 Å². The van der Waals surface area contributed by atoms with Crippen LogP contribution in [0.15, 0.2) is 0 Å². The van der Waals surface area contributed by atoms with E-state index in [2.05, 4.69) is 17.3 Å². The summed E-state index contributed by atoms with van der Waals surface area (Å²) >= 11 is 0. The Bertz CT molecular complexity index is 332. The molecule has 4 aliphatic carbocycles. The molecule has 0 saturated heterocycles. The molecular weight excluding hydrogens is 272 g/mol. The molecule has 1 atom stereocenters. The highest BCUT2D eigenvalue weighted by atomic mass is 35.5. The lowest BCUT2D eigenvalue weighted by Gasteiger charge is -2.56. The molecule has 0 radical (unpaired) electrons. The monoisotopic (exact) mass is 300 g/mol. The molecular formula is C16H29ClN2O. The molecule has 4 heteroatoms. The van der Waals surface area contributed by atoms with E-state index in [0.29, 0.717) is 11.9 Å². The number of nitrogens with zero attached hydrogens (tertiary/aromatic N) is 1. The van der Waals surface area contributed by atoms with Gasteiger partial charge in [0.1, 0.15) is 0 Å². The number of carbonyl (C=O) groups is 1. The van der Waals surface area contributed by atoms with Crippen molar-refractivity contribution in [3.63, 3.8) is 0 Å². The number of hydrogen-bond acceptors (Lipinski definition) is 2. The minimum Gasteiger partial charge on any atom is -0.342 e. The number of hydrogen-bond donors (Lipinski definition) is 1. The number of amides is 1. The van der Waals surface area contributed by atoms with E-state index in [1.807, 2.05) is 14.0 Å². The zero-order valence-corrected chi connectivity index (χ0v) is 13.8. The topological polar surface area (TPSA) is 32.3 Å². The first-order valence-electron chi connectivity index (χ1n) is 8.01. The summed E-state index contributed by atoms with van der Waals surface area (Å²) in [6.45, 7) is 2.84. The molecule has 0 heterocycles. The minimum absolute atomic E-state index is 0. The first-order valence-corrected chi connectivity index (χ1v) is 8.01. The highest BCUT2D eigenvalue weighted by Gasteiger charge is 2.50. The molecule has 0 aliphatic heterocycles. The second-order valence-corrected chi connectivity index (χ2v) is 7.33. The first kappa shape index (κ1) is 16.1. The molecule has 1 amide bonds. The maximum Gasteiger partial charge on any atom is 0.226 e. The van der Waals surface area contributed by atoms with Gasteiger partial charge in [-0.25, -0.2) is 0 Å². The van der Waals surface area contributed by atoms with Crippen molar-refractivity contribution in [3.05, 3.63) is 0 Å². The Hall–Kier alpha value is -0.280. The Labute approximate surface area is 129 Å². The third-order valence-electron chi connectivity index (χ3n) is 5.90. The average Bonchev–Trinajstić information content (AvgIpc) is 2.36. The molecule has 20 heavy (non-hydrogen) atoms. The molecule has 4 rings (SSSR count). The maximum atomic E-state index is 12.5. The Balaban J connectivity index is 0.00000147. The second kappa shape index (κ2) is 6.23. The SMILES string of the molecule is CNCC(C)C(=O)N(C)C1C2CC3CC(C2)CC1C3.Cl. The molecule has 4 saturated carbocycles. The molecule has 116 valence electrons. The van der Waals surface area contributed by atoms with Crippen LogP contribution >= 0.6 is 12.4 Å². The summed E-state index contributed by atoms with van der Waals surface area (Å²) in [5.74, 6) is 4.01. The van der Waals surface area contributed by atoms with E-state index in [-0.39, 0.29) is 18.3 Å². The highest BCUT2D eigenvalue weighted by Crippen LogP contribution is 2.55. The largest absolute Gasteiger partial charge is 0.342 e. The molecule has 0 aromatic heterocycles. The van der Waals surface area contributed by atoms with Crippen LogP contribution in [0.1, 0.15) is 39.0 Å². The van der Waals surface area contributed by atoms with Gasteiger partial charge in [-0.05, 0) is 62.8 Å². The molecule has 1 unspecified atom stereocenters. The lowest BCUT2D eigenvalue weighted by molar-refractivity contribution is -0.144. The maximum absolute atomic E-state index is 12.5. The fourth-order valence-electron chi connectivity index (χ4n) is 5.42. The van der Waals surface area contributed by atoms with Crippen LogP contribution in [0.4, 0.5) is 0 Å². The molecule has 4 fully saturated rings. The number of carbonyl (C=O) groups excluding carboxylic acids is 1. The normalized spacial score (nSPS) is 39.2. The van der Waals surface area contributed by atoms with Crippen molar-refractivity contribution in [3.8, 4) is 0 Å². The zero-order chi connectivity index (χ0) is 13.6. The van der Waals surface area contributed by atoms with Gasteiger partial charge in [0.15, 0.2) is 0 Å². The van der Waals surface area contributed by atoms with Gasteiger partial charge in [0.25, 0.3) is 0 Å². The lowest BCUT2D eigenvalue weighted by atomic mass is 9.54. The number of halogens is 1. The third kappa shape index (κ3) is 2.71. The Morgan fingerprint density at radius 1 is 1.15 bits per heavy atom. The predicted octanol–water partition coefficient (Wildman–Crippen LogP) is 2.55. The van der Waals surface area contributed by atoms with Gasteiger partial charge in [0.05, 0.1) is 0 Å². The van der Waals surface area contributed by atoms with Crippen LogP contribution in [0.2, 0.25) is 0 Å². The van der Waals surface area contributed by atoms with Crippen LogP contribution in [0.5, 0.6) is 0 Å². The van der Waals surface area contributed by atoms with Gasteiger partial charge < -0.3 is 10.2 Å². The quantitative estimate of drug-likeness (QED) is 0.865. The van der Waals surface area contributed by atoms with Gasteiger partial charge in [-0.1, -0.05) is 6.92 Å². The molecule has 0 aromatic carbocycles. The van der Waals surface area contributed by atoms with Crippen molar-refractivity contribution in [2.45, 2.75) is 45.1 Å². The van der Waals surface area contributed by atoms with E-state index in [9.17, 15) is 4.79 Å². The minimum atomic E-state index is 0. The summed E-state index contributed by atoms with van der Waals surface area (Å²) < 4.78 is 0. The Morgan fingerprint density at radius 3 is 2.10 bits per heavy atom. The second-order valence-electron chi connectivity index (χ2n) is 7.33. The van der Waals surface area contributed by atoms with Crippen molar-refractivity contribution >= 4 is 18.3 Å². The Kier molecular flexibility index (Phi) is 5.01. The summed E-state index contributed by atoms with van der Waals surface area (Å²) in [6, 6.07) is 0.541. The van der Waals surface area contributed by atoms with E-state index in [0.717, 1.165) is 30.2 Å². The predicted molar refractivity (Wildman–Crippen MR) is 83.9 cm³/mol. The molecule has 1 N–H and O–H groups in total. The van der Waals surface area contributed by atoms with Crippen molar-refractivity contribution in [2.24, 2.45) is 29.6 Å². The van der Waals surface area contributed by atoms with Crippen molar-refractivity contribution < 1.29 is 4.79 Å². The molecule has 3 nitrogen and oxygen atoms in total. The van der Waals surface area contributed by atoms with Crippen LogP contribution in [0, 0.1) is 29.6 Å². The lowest BCUT2D eigenvalue weighted by Crippen LogP contribution is -2.57. The summed E-state index contributed by atoms with van der Waals surface area (Å²) in [6.07, 6.45) is 7.02. The summed E-state index contributed by atoms with van der Waals surface area (Å²) in [4.78, 5) is 14.7. The summed E-state index contributed by atoms with van der Waals surface area (Å²) in [7, 11) is 3.98. The average molecular weight is 301 g/mol. The van der Waals surface area contributed by atoms with Crippen LogP contribution in [-0.4, -0.2) is 37.5 Å². The smallest absolute Gasteiger partial charge is 0.226 e. The van der Waals surface area contributed by atoms with Crippen molar-refractivity contribution in [2.75, 3.05) is 20.6 Å². The van der Waals surface area contributed by atoms with E-state index in [1.54, 1.807) is 0 Å². The molecule has 4 aliphatic rings. The van der Waals surface area contributed by atoms with Gasteiger partial charge in [0.2, 0.25) is 5.91 Å². The van der Waals surface area contributed by atoms with Gasteiger partial charge in [-0.3, -0.25) is 4.79 Å². The molecule has 0 spiro atoms. The van der Waals surface area contributed by atoms with Gasteiger partial charge in [0, 0.05) is 25.6 Å². The van der Waals surface area contributed by atoms with Crippen molar-refractivity contribution in [1.82, 2.24) is 10.2 Å². The van der Waals surface area contributed by atoms with Crippen LogP contribution in [0.3, 0.4) is 0 Å². The number of nitrogens with one attached hydrogen (secondary N) is 1. The third-order valence-corrected chi connectivity index (χ3v) is 5.90. The van der Waals surface area contributed by atoms with Crippen LogP contribution in [-0.2, 0) is 4.79 Å². The van der Waals surface area contributed by atoms with E-state index in [1.165, 1.54) is 32.1 Å². The fraction of sp³-hybridized carbons (Fsp3) is 0.938. The molecule has 4 bridgehead atoms. The van der Waals surface area contributed by atoms with Gasteiger partial charge >= 0.3 is 0 Å². The van der Waals surface area contributed by atoms with Crippen LogP contribution < -0.4 is 5.32 Å². The Morgan fingerprint density at radius 2 is 1.65 bits per heavy atom. The highest BCUT2D eigenvalue weighted by molar-refractivity contribution is 5.85. The summed E-state index contributed by atoms with van der Waals surface area (Å²) in [5, 5.41) is 3.12. The fourth-order valence-corrected chi connectivity index (χ4v) is 5.42. The van der Waals surface area contributed by atoms with E-state index in [4.69, 9.17) is 0 Å². The number of rotatable bonds is 4. The summed E-state index contributed by atoms with van der Waals surface area (Å²) in [5.41, 5.74) is 0. The van der Waals surface area contributed by atoms with Gasteiger partial charge in [-0.2, -0.15) is 0 Å². The van der Waals surface area contributed by atoms with E-state index < -0.39 is 0 Å². The van der Waals surface area contributed by atoms with E-state index >= 15 is 0 Å². The van der Waals surface area contributed by atoms with Crippen molar-refractivity contribution in [1.29, 1.82) is 0 Å². The molecule has 0 aromatic rings.